The number of aliphatic hydroxyl groups is 1. The Labute approximate surface area is 223 Å². The summed E-state index contributed by atoms with van der Waals surface area (Å²) < 4.78 is 5.62. The lowest BCUT2D eigenvalue weighted by Gasteiger charge is -2.23. The predicted molar refractivity (Wildman–Crippen MR) is 147 cm³/mol. The van der Waals surface area contributed by atoms with Crippen molar-refractivity contribution < 1.29 is 24.2 Å². The smallest absolute Gasteiger partial charge is 0.407 e. The molecule has 0 spiro atoms. The summed E-state index contributed by atoms with van der Waals surface area (Å²) >= 11 is 0. The molecule has 3 aromatic carbocycles. The number of Topliss-reactive ketones (excluding diaryl/α,β-unsaturated/α-hetero) is 1. The van der Waals surface area contributed by atoms with Crippen LogP contribution >= 0.6 is 0 Å². The highest BCUT2D eigenvalue weighted by Crippen LogP contribution is 2.44. The third kappa shape index (κ3) is 6.11. The first-order valence-corrected chi connectivity index (χ1v) is 12.9. The topological polar surface area (TPSA) is 105 Å². The molecule has 3 aromatic rings. The summed E-state index contributed by atoms with van der Waals surface area (Å²) in [4.78, 5) is 38.5. The number of aliphatic hydroxyl groups excluding tert-OH is 1. The van der Waals surface area contributed by atoms with Crippen molar-refractivity contribution in [3.8, 4) is 11.1 Å². The second kappa shape index (κ2) is 12.0. The van der Waals surface area contributed by atoms with Crippen LogP contribution in [0.2, 0.25) is 0 Å². The zero-order chi connectivity index (χ0) is 27.2. The number of ketones is 1. The average Bonchev–Trinajstić information content (AvgIpc) is 3.24. The molecule has 0 saturated heterocycles. The Kier molecular flexibility index (Phi) is 8.59. The highest BCUT2D eigenvalue weighted by molar-refractivity contribution is 5.97. The van der Waals surface area contributed by atoms with E-state index in [-0.39, 0.29) is 43.2 Å². The highest BCUT2D eigenvalue weighted by Gasteiger charge is 2.31. The molecule has 0 unspecified atom stereocenters. The van der Waals surface area contributed by atoms with E-state index in [9.17, 15) is 14.4 Å². The summed E-state index contributed by atoms with van der Waals surface area (Å²) in [5, 5.41) is 14.7. The lowest BCUT2D eigenvalue weighted by Crippen LogP contribution is -2.45. The van der Waals surface area contributed by atoms with Crippen LogP contribution in [-0.2, 0) is 20.9 Å². The first kappa shape index (κ1) is 27.1. The van der Waals surface area contributed by atoms with Crippen LogP contribution in [0.15, 0.2) is 72.8 Å². The number of alkyl carbamates (subject to hydrolysis) is 1. The van der Waals surface area contributed by atoms with Crippen molar-refractivity contribution in [2.24, 2.45) is 11.8 Å². The molecular weight excluding hydrogens is 480 g/mol. The molecule has 0 aliphatic heterocycles. The summed E-state index contributed by atoms with van der Waals surface area (Å²) in [6.07, 6.45) is -0.674. The van der Waals surface area contributed by atoms with Crippen LogP contribution in [0.4, 0.5) is 10.5 Å². The molecule has 0 radical (unpaired) electrons. The molecule has 3 N–H and O–H groups in total. The van der Waals surface area contributed by atoms with Gasteiger partial charge in [-0.3, -0.25) is 9.59 Å². The van der Waals surface area contributed by atoms with Crippen molar-refractivity contribution in [1.29, 1.82) is 0 Å². The molecule has 38 heavy (non-hydrogen) atoms. The quantitative estimate of drug-likeness (QED) is 0.342. The Hall–Kier alpha value is -3.97. The lowest BCUT2D eigenvalue weighted by molar-refractivity contribution is -0.127. The number of amides is 2. The van der Waals surface area contributed by atoms with Gasteiger partial charge in [-0.15, -0.1) is 0 Å². The van der Waals surface area contributed by atoms with E-state index < -0.39 is 18.1 Å². The molecular formula is C31H34N2O5. The zero-order valence-electron chi connectivity index (χ0n) is 21.9. The number of nitrogens with one attached hydrogen (secondary N) is 2. The van der Waals surface area contributed by atoms with Gasteiger partial charge in [-0.2, -0.15) is 0 Å². The normalized spacial score (nSPS) is 13.8. The van der Waals surface area contributed by atoms with Crippen LogP contribution in [-0.4, -0.2) is 35.5 Å². The minimum Gasteiger partial charge on any atom is -0.449 e. The molecule has 1 aliphatic carbocycles. The number of carbonyl (C=O) groups is 3. The summed E-state index contributed by atoms with van der Waals surface area (Å²) in [7, 11) is 0. The van der Waals surface area contributed by atoms with Gasteiger partial charge in [0, 0.05) is 23.9 Å². The minimum absolute atomic E-state index is 0.0208. The van der Waals surface area contributed by atoms with E-state index in [1.807, 2.05) is 38.1 Å². The number of benzene rings is 3. The van der Waals surface area contributed by atoms with E-state index in [0.717, 1.165) is 27.8 Å². The van der Waals surface area contributed by atoms with Crippen molar-refractivity contribution >= 4 is 23.5 Å². The first-order valence-electron chi connectivity index (χ1n) is 12.9. The highest BCUT2D eigenvalue weighted by atomic mass is 16.5. The van der Waals surface area contributed by atoms with Gasteiger partial charge >= 0.3 is 6.09 Å². The van der Waals surface area contributed by atoms with Crippen molar-refractivity contribution in [3.63, 3.8) is 0 Å². The summed E-state index contributed by atoms with van der Waals surface area (Å²) in [6, 6.07) is 22.3. The monoisotopic (exact) mass is 514 g/mol. The molecule has 1 aliphatic rings. The van der Waals surface area contributed by atoms with Gasteiger partial charge in [0.1, 0.15) is 6.61 Å². The van der Waals surface area contributed by atoms with Gasteiger partial charge in [0.2, 0.25) is 5.91 Å². The molecule has 7 heteroatoms. The van der Waals surface area contributed by atoms with Crippen LogP contribution in [0.3, 0.4) is 0 Å². The van der Waals surface area contributed by atoms with Gasteiger partial charge in [-0.25, -0.2) is 4.79 Å². The zero-order valence-corrected chi connectivity index (χ0v) is 21.9. The Bertz CT molecular complexity index is 1260. The maximum Gasteiger partial charge on any atom is 0.407 e. The molecule has 7 nitrogen and oxygen atoms in total. The van der Waals surface area contributed by atoms with E-state index in [2.05, 4.69) is 34.9 Å². The van der Waals surface area contributed by atoms with Crippen LogP contribution in [0, 0.1) is 11.8 Å². The van der Waals surface area contributed by atoms with E-state index >= 15 is 0 Å². The molecule has 0 saturated carbocycles. The Morgan fingerprint density at radius 2 is 1.45 bits per heavy atom. The Balaban J connectivity index is 1.33. The third-order valence-electron chi connectivity index (χ3n) is 6.99. The standard InChI is InChI=1S/C31H34N2O5/c1-19(2)29(28(35)16-20(3)30(36)32-22-14-12-21(17-34)13-15-22)33-31(37)38-18-27-25-10-6-4-8-23(25)24-9-5-7-11-26(24)27/h4-15,19-20,27,29,34H,16-18H2,1-3H3,(H,32,36)(H,33,37)/t20-,29+/m1/s1. The first-order chi connectivity index (χ1) is 18.3. The van der Waals surface area contributed by atoms with Gasteiger partial charge < -0.3 is 20.5 Å². The molecule has 0 fully saturated rings. The fourth-order valence-corrected chi connectivity index (χ4v) is 4.87. The number of ether oxygens (including phenoxy) is 1. The maximum absolute atomic E-state index is 13.1. The van der Waals surface area contributed by atoms with Crippen molar-refractivity contribution in [2.75, 3.05) is 11.9 Å². The number of anilines is 1. The van der Waals surface area contributed by atoms with Crippen LogP contribution in [0.5, 0.6) is 0 Å². The summed E-state index contributed by atoms with van der Waals surface area (Å²) in [6.45, 7) is 5.46. The summed E-state index contributed by atoms with van der Waals surface area (Å²) in [5.41, 5.74) is 5.84. The van der Waals surface area contributed by atoms with Gasteiger partial charge in [-0.1, -0.05) is 81.4 Å². The SMILES string of the molecule is CC(C)[C@H](NC(=O)OCC1c2ccccc2-c2ccccc21)C(=O)C[C@@H](C)C(=O)Nc1ccc(CO)cc1. The minimum atomic E-state index is -0.773. The second-order valence-corrected chi connectivity index (χ2v) is 10.1. The molecule has 198 valence electrons. The van der Waals surface area contributed by atoms with Crippen LogP contribution < -0.4 is 10.6 Å². The van der Waals surface area contributed by atoms with Gasteiger partial charge in [0.25, 0.3) is 0 Å². The van der Waals surface area contributed by atoms with Crippen LogP contribution in [0.25, 0.3) is 11.1 Å². The van der Waals surface area contributed by atoms with E-state index in [4.69, 9.17) is 9.84 Å². The van der Waals surface area contributed by atoms with E-state index in [0.29, 0.717) is 5.69 Å². The number of rotatable bonds is 10. The molecule has 4 rings (SSSR count). The maximum atomic E-state index is 13.1. The van der Waals surface area contributed by atoms with Crippen molar-refractivity contribution in [2.45, 2.75) is 45.8 Å². The number of fused-ring (bicyclic) bond motifs is 3. The number of hydrogen-bond donors (Lipinski definition) is 3. The van der Waals surface area contributed by atoms with E-state index in [1.165, 1.54) is 0 Å². The van der Waals surface area contributed by atoms with Crippen molar-refractivity contribution in [1.82, 2.24) is 5.32 Å². The van der Waals surface area contributed by atoms with Crippen molar-refractivity contribution in [3.05, 3.63) is 89.5 Å². The summed E-state index contributed by atoms with van der Waals surface area (Å²) in [5.74, 6) is -1.36. The van der Waals surface area contributed by atoms with Gasteiger partial charge in [-0.05, 0) is 45.9 Å². The number of hydrogen-bond acceptors (Lipinski definition) is 5. The number of carbonyl (C=O) groups excluding carboxylic acids is 3. The second-order valence-electron chi connectivity index (χ2n) is 10.1. The fraction of sp³-hybridized carbons (Fsp3) is 0.323. The lowest BCUT2D eigenvalue weighted by atomic mass is 9.93. The van der Waals surface area contributed by atoms with E-state index in [1.54, 1.807) is 31.2 Å². The average molecular weight is 515 g/mol. The molecule has 0 aromatic heterocycles. The third-order valence-corrected chi connectivity index (χ3v) is 6.99. The predicted octanol–water partition coefficient (Wildman–Crippen LogP) is 5.28. The Morgan fingerprint density at radius 3 is 2.00 bits per heavy atom. The molecule has 0 bridgehead atoms. The van der Waals surface area contributed by atoms with Gasteiger partial charge in [0.15, 0.2) is 5.78 Å². The Morgan fingerprint density at radius 1 is 0.868 bits per heavy atom. The van der Waals surface area contributed by atoms with Gasteiger partial charge in [0.05, 0.1) is 12.6 Å². The van der Waals surface area contributed by atoms with Crippen LogP contribution in [0.1, 0.15) is 49.8 Å². The molecule has 2 amide bonds. The molecule has 0 heterocycles. The fourth-order valence-electron chi connectivity index (χ4n) is 4.87. The largest absolute Gasteiger partial charge is 0.449 e. The molecule has 2 atom stereocenters.